The molecule has 0 aliphatic carbocycles. The van der Waals surface area contributed by atoms with Crippen LogP contribution in [0.4, 0.5) is 0 Å². The summed E-state index contributed by atoms with van der Waals surface area (Å²) in [7, 11) is -2.88. The second kappa shape index (κ2) is 5.69. The molecule has 28 heavy (non-hydrogen) atoms. The summed E-state index contributed by atoms with van der Waals surface area (Å²) in [5, 5.41) is 10.6. The maximum atomic E-state index is 12.4. The quantitative estimate of drug-likeness (QED) is 0.262. The van der Waals surface area contributed by atoms with E-state index in [1.165, 1.54) is 5.39 Å². The van der Waals surface area contributed by atoms with Crippen LogP contribution in [0.1, 0.15) is 0 Å². The Hall–Kier alpha value is -2.15. The maximum absolute atomic E-state index is 12.4. The predicted molar refractivity (Wildman–Crippen MR) is 123 cm³/mol. The molecule has 0 saturated heterocycles. The van der Waals surface area contributed by atoms with Gasteiger partial charge in [-0.05, 0) is 40.4 Å². The van der Waals surface area contributed by atoms with Gasteiger partial charge >= 0.3 is 0 Å². The van der Waals surface area contributed by atoms with Gasteiger partial charge in [-0.3, -0.25) is 0 Å². The lowest BCUT2D eigenvalue weighted by Gasteiger charge is -2.28. The molecule has 6 rings (SSSR count). The van der Waals surface area contributed by atoms with Gasteiger partial charge in [-0.2, -0.15) is 0 Å². The standard InChI is InChI=1S/C24H14Cl2OP/c25-17-10-15-8-6-14-7-9-16-11-18(26)13-21-23(16)24(14)22(15)20(12-17)28(21,27)19-4-2-1-3-5-19/h1-13,27H/q+1. The van der Waals surface area contributed by atoms with Gasteiger partial charge in [-0.15, -0.1) is 0 Å². The van der Waals surface area contributed by atoms with Gasteiger partial charge in [-0.1, -0.05) is 65.7 Å². The van der Waals surface area contributed by atoms with Crippen LogP contribution in [0.2, 0.25) is 10.0 Å². The van der Waals surface area contributed by atoms with E-state index in [1.54, 1.807) is 0 Å². The van der Waals surface area contributed by atoms with E-state index < -0.39 is 7.49 Å². The largest absolute Gasteiger partial charge is 0.239 e. The number of hydrogen-bond donors (Lipinski definition) is 1. The van der Waals surface area contributed by atoms with Crippen molar-refractivity contribution in [2.24, 2.45) is 0 Å². The van der Waals surface area contributed by atoms with Gasteiger partial charge in [0.15, 0.2) is 0 Å². The van der Waals surface area contributed by atoms with Crippen molar-refractivity contribution in [3.8, 4) is 0 Å². The highest BCUT2D eigenvalue weighted by Gasteiger charge is 2.50. The summed E-state index contributed by atoms with van der Waals surface area (Å²) in [6, 6.07) is 26.2. The van der Waals surface area contributed by atoms with Gasteiger partial charge in [-0.25, -0.2) is 4.89 Å². The molecule has 0 aromatic heterocycles. The maximum Gasteiger partial charge on any atom is 0.239 e. The third-order valence-electron chi connectivity index (χ3n) is 5.73. The summed E-state index contributed by atoms with van der Waals surface area (Å²) >= 11 is 13.0. The molecule has 0 spiro atoms. The molecule has 0 atom stereocenters. The van der Waals surface area contributed by atoms with Crippen molar-refractivity contribution in [1.82, 2.24) is 0 Å². The Morgan fingerprint density at radius 1 is 0.571 bits per heavy atom. The lowest BCUT2D eigenvalue weighted by atomic mass is 9.96. The molecule has 1 N–H and O–H groups in total. The molecule has 5 aromatic carbocycles. The average Bonchev–Trinajstić information content (AvgIpc) is 2.71. The Morgan fingerprint density at radius 3 is 1.61 bits per heavy atom. The van der Waals surface area contributed by atoms with E-state index in [0.29, 0.717) is 10.0 Å². The monoisotopic (exact) mass is 419 g/mol. The molecule has 5 aromatic rings. The molecule has 134 valence electrons. The summed E-state index contributed by atoms with van der Waals surface area (Å²) in [4.78, 5) is 12.4. The summed E-state index contributed by atoms with van der Waals surface area (Å²) < 4.78 is 0. The minimum absolute atomic E-state index is 0.633. The van der Waals surface area contributed by atoms with E-state index >= 15 is 0 Å². The minimum atomic E-state index is -2.88. The molecule has 4 heteroatoms. The zero-order valence-electron chi connectivity index (χ0n) is 14.7. The second-order valence-electron chi connectivity index (χ2n) is 7.25. The third kappa shape index (κ3) is 2.05. The fourth-order valence-electron chi connectivity index (χ4n) is 4.59. The molecule has 1 aliphatic rings. The molecule has 1 aliphatic heterocycles. The summed E-state index contributed by atoms with van der Waals surface area (Å²) in [5.41, 5.74) is 0. The van der Waals surface area contributed by atoms with Crippen molar-refractivity contribution >= 4 is 78.9 Å². The lowest BCUT2D eigenvalue weighted by molar-refractivity contribution is 0.634. The molecular formula is C24H14Cl2OP+. The van der Waals surface area contributed by atoms with Crippen molar-refractivity contribution in [3.63, 3.8) is 0 Å². The van der Waals surface area contributed by atoms with Crippen LogP contribution in [-0.2, 0) is 0 Å². The van der Waals surface area contributed by atoms with Gasteiger partial charge in [0.2, 0.25) is 7.49 Å². The number of halogens is 2. The van der Waals surface area contributed by atoms with Crippen molar-refractivity contribution in [3.05, 3.63) is 88.9 Å². The van der Waals surface area contributed by atoms with Crippen LogP contribution in [-0.4, -0.2) is 4.89 Å². The molecular weight excluding hydrogens is 406 g/mol. The van der Waals surface area contributed by atoms with Gasteiger partial charge in [0.25, 0.3) is 0 Å². The van der Waals surface area contributed by atoms with E-state index in [4.69, 9.17) is 23.2 Å². The zero-order valence-corrected chi connectivity index (χ0v) is 17.1. The molecule has 1 heterocycles. The Balaban J connectivity index is 1.97. The molecule has 0 saturated carbocycles. The summed E-state index contributed by atoms with van der Waals surface area (Å²) in [6.45, 7) is 0. The van der Waals surface area contributed by atoms with Crippen LogP contribution < -0.4 is 15.9 Å². The van der Waals surface area contributed by atoms with Gasteiger partial charge in [0.1, 0.15) is 15.9 Å². The highest BCUT2D eigenvalue weighted by Crippen LogP contribution is 2.58. The number of benzene rings is 5. The SMILES string of the molecule is O[P+]1(c2ccccc2)c2cc(Cl)cc3ccc4ccc5cc(Cl)cc1c5c4c23. The first-order valence-electron chi connectivity index (χ1n) is 9.04. The topological polar surface area (TPSA) is 20.2 Å². The van der Waals surface area contributed by atoms with Crippen molar-refractivity contribution in [1.29, 1.82) is 0 Å². The molecule has 0 radical (unpaired) electrons. The molecule has 0 unspecified atom stereocenters. The van der Waals surface area contributed by atoms with E-state index in [9.17, 15) is 4.89 Å². The lowest BCUT2D eigenvalue weighted by Crippen LogP contribution is -2.34. The van der Waals surface area contributed by atoms with Crippen molar-refractivity contribution in [2.75, 3.05) is 0 Å². The Labute approximate surface area is 172 Å². The van der Waals surface area contributed by atoms with Gasteiger partial charge in [0.05, 0.1) is 0 Å². The first-order valence-corrected chi connectivity index (χ1v) is 11.5. The smallest absolute Gasteiger partial charge is 0.235 e. The molecule has 0 fully saturated rings. The molecule has 1 nitrogen and oxygen atoms in total. The van der Waals surface area contributed by atoms with Crippen LogP contribution in [0.5, 0.6) is 0 Å². The average molecular weight is 420 g/mol. The molecule has 0 amide bonds. The summed E-state index contributed by atoms with van der Waals surface area (Å²) in [5.74, 6) is 0. The fraction of sp³-hybridized carbons (Fsp3) is 0. The van der Waals surface area contributed by atoms with E-state index in [-0.39, 0.29) is 0 Å². The van der Waals surface area contributed by atoms with Crippen LogP contribution in [0.15, 0.2) is 78.9 Å². The first-order chi connectivity index (χ1) is 13.6. The first kappa shape index (κ1) is 16.8. The zero-order chi connectivity index (χ0) is 19.0. The second-order valence-corrected chi connectivity index (χ2v) is 10.9. The number of hydrogen-bond acceptors (Lipinski definition) is 1. The van der Waals surface area contributed by atoms with Crippen LogP contribution in [0, 0.1) is 0 Å². The molecule has 0 bridgehead atoms. The highest BCUT2D eigenvalue weighted by atomic mass is 35.5. The fourth-order valence-corrected chi connectivity index (χ4v) is 8.40. The van der Waals surface area contributed by atoms with Crippen molar-refractivity contribution < 1.29 is 4.89 Å². The van der Waals surface area contributed by atoms with Crippen LogP contribution >= 0.6 is 30.7 Å². The normalized spacial score (nSPS) is 14.5. The Kier molecular flexibility index (Phi) is 3.41. The van der Waals surface area contributed by atoms with Gasteiger partial charge < -0.3 is 0 Å². The third-order valence-corrected chi connectivity index (χ3v) is 9.31. The van der Waals surface area contributed by atoms with Crippen molar-refractivity contribution in [2.45, 2.75) is 0 Å². The van der Waals surface area contributed by atoms with E-state index in [1.807, 2.05) is 54.6 Å². The van der Waals surface area contributed by atoms with E-state index in [0.717, 1.165) is 42.8 Å². The van der Waals surface area contributed by atoms with Crippen LogP contribution in [0.25, 0.3) is 32.3 Å². The predicted octanol–water partition coefficient (Wildman–Crippen LogP) is 5.97. The number of rotatable bonds is 1. The Morgan fingerprint density at radius 2 is 1.07 bits per heavy atom. The van der Waals surface area contributed by atoms with Crippen LogP contribution in [0.3, 0.4) is 0 Å². The minimum Gasteiger partial charge on any atom is -0.235 e. The van der Waals surface area contributed by atoms with E-state index in [2.05, 4.69) is 24.3 Å². The Bertz CT molecular complexity index is 1360. The van der Waals surface area contributed by atoms with Gasteiger partial charge in [0, 0.05) is 38.3 Å². The highest BCUT2D eigenvalue weighted by molar-refractivity contribution is 7.92. The summed E-state index contributed by atoms with van der Waals surface area (Å²) in [6.07, 6.45) is 0.